The molecule has 50 heavy (non-hydrogen) atoms. The summed E-state index contributed by atoms with van der Waals surface area (Å²) in [5.74, 6) is -0.745. The predicted molar refractivity (Wildman–Crippen MR) is 213 cm³/mol. The van der Waals surface area contributed by atoms with Gasteiger partial charge in [0.05, 0.1) is 11.1 Å². The third-order valence-corrected chi connectivity index (χ3v) is 9.93. The number of carbonyl (C=O) groups is 2. The Labute approximate surface area is 309 Å². The first-order valence-electron chi connectivity index (χ1n) is 21.4. The van der Waals surface area contributed by atoms with E-state index in [1.54, 1.807) is 24.3 Å². The number of hydrogen-bond acceptors (Lipinski definition) is 6. The van der Waals surface area contributed by atoms with Gasteiger partial charge < -0.3 is 9.47 Å². The summed E-state index contributed by atoms with van der Waals surface area (Å²) in [4.78, 5) is 30.9. The second kappa shape index (κ2) is 34.2. The molecule has 0 aliphatic carbocycles. The van der Waals surface area contributed by atoms with Crippen molar-refractivity contribution >= 4 is 11.9 Å². The number of nitrogens with zero attached hydrogens (tertiary/aromatic N) is 2. The summed E-state index contributed by atoms with van der Waals surface area (Å²) >= 11 is 0. The van der Waals surface area contributed by atoms with E-state index in [2.05, 4.69) is 37.5 Å². The molecule has 0 N–H and O–H groups in total. The van der Waals surface area contributed by atoms with E-state index in [-0.39, 0.29) is 11.9 Å². The molecule has 0 atom stereocenters. The van der Waals surface area contributed by atoms with E-state index in [0.29, 0.717) is 24.3 Å². The van der Waals surface area contributed by atoms with Gasteiger partial charge in [-0.2, -0.15) is 0 Å². The topological polar surface area (TPSA) is 59.1 Å². The number of ether oxygens (including phenoxy) is 2. The Morgan fingerprint density at radius 1 is 0.420 bits per heavy atom. The number of benzene rings is 1. The number of esters is 2. The number of rotatable bonds is 36. The highest BCUT2D eigenvalue weighted by molar-refractivity contribution is 5.95. The van der Waals surface area contributed by atoms with Crippen molar-refractivity contribution in [2.24, 2.45) is 0 Å². The molecule has 1 rings (SSSR count). The molecule has 6 heteroatoms. The fourth-order valence-corrected chi connectivity index (χ4v) is 6.61. The van der Waals surface area contributed by atoms with E-state index < -0.39 is 0 Å². The fourth-order valence-electron chi connectivity index (χ4n) is 6.61. The van der Waals surface area contributed by atoms with Crippen LogP contribution < -0.4 is 0 Å². The molecule has 0 heterocycles. The molecule has 0 spiro atoms. The molecule has 0 fully saturated rings. The van der Waals surface area contributed by atoms with Crippen molar-refractivity contribution in [3.8, 4) is 0 Å². The summed E-state index contributed by atoms with van der Waals surface area (Å²) in [6, 6.07) is 6.83. The van der Waals surface area contributed by atoms with Crippen LogP contribution in [-0.2, 0) is 9.47 Å². The minimum Gasteiger partial charge on any atom is -0.461 e. The molecule has 0 bridgehead atoms. The lowest BCUT2D eigenvalue weighted by atomic mass is 10.1. The lowest BCUT2D eigenvalue weighted by Gasteiger charge is -2.22. The van der Waals surface area contributed by atoms with Crippen molar-refractivity contribution < 1.29 is 19.1 Å². The average molecular weight is 701 g/mol. The molecule has 1 aromatic carbocycles. The van der Waals surface area contributed by atoms with Crippen LogP contribution in [0.3, 0.4) is 0 Å². The summed E-state index contributed by atoms with van der Waals surface area (Å²) < 4.78 is 11.4. The molecule has 0 aromatic heterocycles. The first-order chi connectivity index (χ1) is 24.5. The highest BCUT2D eigenvalue weighted by Crippen LogP contribution is 2.13. The van der Waals surface area contributed by atoms with Crippen LogP contribution in [0.15, 0.2) is 24.3 Å². The van der Waals surface area contributed by atoms with Gasteiger partial charge in [-0.25, -0.2) is 9.59 Å². The normalized spacial score (nSPS) is 11.5. The highest BCUT2D eigenvalue weighted by atomic mass is 16.5. The van der Waals surface area contributed by atoms with Crippen LogP contribution in [0.4, 0.5) is 0 Å². The monoisotopic (exact) mass is 701 g/mol. The maximum atomic E-state index is 13.0. The summed E-state index contributed by atoms with van der Waals surface area (Å²) in [6.07, 6.45) is 30.8. The highest BCUT2D eigenvalue weighted by Gasteiger charge is 2.15. The van der Waals surface area contributed by atoms with Crippen LogP contribution in [0.5, 0.6) is 0 Å². The Kier molecular flexibility index (Phi) is 31.5. The van der Waals surface area contributed by atoms with E-state index >= 15 is 0 Å². The van der Waals surface area contributed by atoms with Crippen LogP contribution in [0.25, 0.3) is 0 Å². The van der Waals surface area contributed by atoms with Gasteiger partial charge in [0.25, 0.3) is 0 Å². The zero-order valence-electron chi connectivity index (χ0n) is 33.5. The van der Waals surface area contributed by atoms with Crippen LogP contribution >= 0.6 is 0 Å². The molecule has 0 saturated heterocycles. The van der Waals surface area contributed by atoms with Gasteiger partial charge in [0.1, 0.15) is 13.2 Å². The Morgan fingerprint density at radius 2 is 0.700 bits per heavy atom. The molecule has 290 valence electrons. The van der Waals surface area contributed by atoms with Gasteiger partial charge in [-0.05, 0) is 70.1 Å². The fraction of sp³-hybridized carbons (Fsp3) is 0.818. The Bertz CT molecular complexity index is 822. The quantitative estimate of drug-likeness (QED) is 0.0513. The minimum absolute atomic E-state index is 0.367. The zero-order valence-corrected chi connectivity index (χ0v) is 33.5. The molecule has 0 radical (unpaired) electrons. The second-order valence-corrected chi connectivity index (χ2v) is 14.6. The molecule has 0 aliphatic heterocycles. The van der Waals surface area contributed by atoms with E-state index in [1.165, 1.54) is 154 Å². The third kappa shape index (κ3) is 25.9. The van der Waals surface area contributed by atoms with Crippen molar-refractivity contribution in [1.29, 1.82) is 0 Å². The summed E-state index contributed by atoms with van der Waals surface area (Å²) in [5, 5.41) is 0. The molecule has 0 unspecified atom stereocenters. The van der Waals surface area contributed by atoms with E-state index in [9.17, 15) is 9.59 Å². The van der Waals surface area contributed by atoms with E-state index in [0.717, 1.165) is 39.3 Å². The van der Waals surface area contributed by atoms with Gasteiger partial charge in [0.2, 0.25) is 0 Å². The zero-order chi connectivity index (χ0) is 36.3. The summed E-state index contributed by atoms with van der Waals surface area (Å²) in [7, 11) is 0. The smallest absolute Gasteiger partial charge is 0.338 e. The Morgan fingerprint density at radius 3 is 1.00 bits per heavy atom. The number of hydrogen-bond donors (Lipinski definition) is 0. The van der Waals surface area contributed by atoms with Gasteiger partial charge >= 0.3 is 11.9 Å². The Balaban J connectivity index is 2.56. The van der Waals surface area contributed by atoms with Gasteiger partial charge in [0, 0.05) is 13.1 Å². The Hall–Kier alpha value is -1.92. The van der Waals surface area contributed by atoms with Crippen LogP contribution in [0.2, 0.25) is 0 Å². The van der Waals surface area contributed by atoms with Gasteiger partial charge in [-0.15, -0.1) is 0 Å². The number of unbranched alkanes of at least 4 members (excludes halogenated alkanes) is 20. The standard InChI is InChI=1S/C44H80N2O4/c1-5-9-13-17-21-25-32-45(33-26-22-18-14-10-6-2)36-38-49-43(47)41-30-29-31-42(40-41)44(48)50-39-37-46(34-27-23-19-15-11-7-3)35-28-24-20-16-12-8-4/h29-31,40H,5-28,32-39H2,1-4H3. The predicted octanol–water partition coefficient (Wildman–Crippen LogP) is 12.0. The van der Waals surface area contributed by atoms with Gasteiger partial charge in [-0.3, -0.25) is 9.80 Å². The third-order valence-electron chi connectivity index (χ3n) is 9.93. The molecular formula is C44H80N2O4. The summed E-state index contributed by atoms with van der Waals surface area (Å²) in [5.41, 5.74) is 0.816. The van der Waals surface area contributed by atoms with Crippen molar-refractivity contribution in [1.82, 2.24) is 9.80 Å². The average Bonchev–Trinajstić information content (AvgIpc) is 3.13. The second-order valence-electron chi connectivity index (χ2n) is 14.6. The lowest BCUT2D eigenvalue weighted by Crippen LogP contribution is -2.30. The first kappa shape index (κ1) is 46.1. The minimum atomic E-state index is -0.372. The molecule has 0 aliphatic rings. The molecule has 1 aromatic rings. The molecule has 6 nitrogen and oxygen atoms in total. The first-order valence-corrected chi connectivity index (χ1v) is 21.4. The van der Waals surface area contributed by atoms with E-state index in [1.807, 2.05) is 0 Å². The molecule has 0 saturated carbocycles. The molecular weight excluding hydrogens is 620 g/mol. The van der Waals surface area contributed by atoms with Crippen molar-refractivity contribution in [3.63, 3.8) is 0 Å². The van der Waals surface area contributed by atoms with Gasteiger partial charge in [-0.1, -0.05) is 162 Å². The van der Waals surface area contributed by atoms with Crippen molar-refractivity contribution in [2.45, 2.75) is 182 Å². The van der Waals surface area contributed by atoms with Crippen LogP contribution in [-0.4, -0.2) is 74.2 Å². The van der Waals surface area contributed by atoms with Gasteiger partial charge in [0.15, 0.2) is 0 Å². The summed E-state index contributed by atoms with van der Waals surface area (Å²) in [6.45, 7) is 15.5. The van der Waals surface area contributed by atoms with Crippen LogP contribution in [0.1, 0.15) is 203 Å². The maximum Gasteiger partial charge on any atom is 0.338 e. The number of carbonyl (C=O) groups excluding carboxylic acids is 2. The largest absolute Gasteiger partial charge is 0.461 e. The van der Waals surface area contributed by atoms with E-state index in [4.69, 9.17) is 9.47 Å². The maximum absolute atomic E-state index is 13.0. The van der Waals surface area contributed by atoms with Crippen LogP contribution in [0, 0.1) is 0 Å². The SMILES string of the molecule is CCCCCCCCN(CCCCCCCC)CCOC(=O)c1cccc(C(=O)OCCN(CCCCCCCC)CCCCCCCC)c1. The molecule has 0 amide bonds. The van der Waals surface area contributed by atoms with Crippen molar-refractivity contribution in [3.05, 3.63) is 35.4 Å². The van der Waals surface area contributed by atoms with Crippen molar-refractivity contribution in [2.75, 3.05) is 52.5 Å². The lowest BCUT2D eigenvalue weighted by molar-refractivity contribution is 0.0458.